The lowest BCUT2D eigenvalue weighted by Crippen LogP contribution is -2.21. The molecule has 1 heterocycles. The largest absolute Gasteiger partial charge is 0.494 e. The number of carbonyl (C=O) groups is 1. The van der Waals surface area contributed by atoms with Crippen molar-refractivity contribution in [1.29, 1.82) is 5.41 Å². The highest BCUT2D eigenvalue weighted by atomic mass is 32.1. The molecule has 1 unspecified atom stereocenters. The Morgan fingerprint density at radius 2 is 1.82 bits per heavy atom. The molecule has 0 bridgehead atoms. The molecule has 8 heteroatoms. The van der Waals surface area contributed by atoms with Crippen LogP contribution in [0.15, 0.2) is 78.9 Å². The summed E-state index contributed by atoms with van der Waals surface area (Å²) in [6.07, 6.45) is -1.11. The minimum absolute atomic E-state index is 0.00691. The van der Waals surface area contributed by atoms with Gasteiger partial charge < -0.3 is 19.9 Å². The zero-order chi connectivity index (χ0) is 23.9. The van der Waals surface area contributed by atoms with Crippen LogP contribution in [0.25, 0.3) is 10.1 Å². The molecule has 174 valence electrons. The van der Waals surface area contributed by atoms with Crippen LogP contribution in [0.3, 0.4) is 0 Å². The monoisotopic (exact) mass is 475 g/mol. The highest BCUT2D eigenvalue weighted by molar-refractivity contribution is 7.20. The zero-order valence-electron chi connectivity index (χ0n) is 18.6. The first-order valence-electron chi connectivity index (χ1n) is 10.8. The molecule has 4 N–H and O–H groups in total. The number of anilines is 1. The molecule has 7 nitrogen and oxygen atoms in total. The molecule has 4 aromatic rings. The van der Waals surface area contributed by atoms with Crippen molar-refractivity contribution < 1.29 is 19.0 Å². The van der Waals surface area contributed by atoms with Gasteiger partial charge in [0.25, 0.3) is 0 Å². The van der Waals surface area contributed by atoms with Crippen LogP contribution in [0.5, 0.6) is 11.5 Å². The van der Waals surface area contributed by atoms with Gasteiger partial charge in [0.15, 0.2) is 6.10 Å². The summed E-state index contributed by atoms with van der Waals surface area (Å²) in [6.45, 7) is 2.49. The third-order valence-corrected chi connectivity index (χ3v) is 6.14. The minimum Gasteiger partial charge on any atom is -0.494 e. The van der Waals surface area contributed by atoms with Crippen molar-refractivity contribution in [2.75, 3.05) is 18.5 Å². The molecule has 0 fully saturated rings. The number of hydrogen-bond acceptors (Lipinski definition) is 6. The second kappa shape index (κ2) is 10.7. The quantitative estimate of drug-likeness (QED) is 0.205. The minimum atomic E-state index is -0.582. The fraction of sp³-hybridized carbons (Fsp3) is 0.154. The predicted octanol–water partition coefficient (Wildman–Crippen LogP) is 5.95. The van der Waals surface area contributed by atoms with E-state index in [1.54, 1.807) is 24.3 Å². The number of benzene rings is 3. The van der Waals surface area contributed by atoms with Crippen molar-refractivity contribution in [3.8, 4) is 11.5 Å². The summed E-state index contributed by atoms with van der Waals surface area (Å²) < 4.78 is 18.2. The van der Waals surface area contributed by atoms with Crippen molar-refractivity contribution in [3.63, 3.8) is 0 Å². The van der Waals surface area contributed by atoms with E-state index >= 15 is 0 Å². The summed E-state index contributed by atoms with van der Waals surface area (Å²) in [5.74, 6) is 1.38. The molecule has 0 aliphatic carbocycles. The summed E-state index contributed by atoms with van der Waals surface area (Å²) in [4.78, 5) is 13.1. The summed E-state index contributed by atoms with van der Waals surface area (Å²) in [5.41, 5.74) is 7.14. The van der Waals surface area contributed by atoms with E-state index in [0.717, 1.165) is 21.4 Å². The number of amides is 1. The SMILES string of the molecule is CCOc1ccc(NC(=O)OCC(Oc2cccc3sc(C(=N)N)cc23)c2ccccc2)cc1. The van der Waals surface area contributed by atoms with E-state index in [-0.39, 0.29) is 12.4 Å². The molecule has 0 radical (unpaired) electrons. The van der Waals surface area contributed by atoms with Gasteiger partial charge in [-0.2, -0.15) is 0 Å². The molecule has 1 aromatic heterocycles. The summed E-state index contributed by atoms with van der Waals surface area (Å²) >= 11 is 1.43. The van der Waals surface area contributed by atoms with Gasteiger partial charge in [-0.25, -0.2) is 4.79 Å². The van der Waals surface area contributed by atoms with Gasteiger partial charge in [-0.05, 0) is 55.0 Å². The van der Waals surface area contributed by atoms with E-state index in [1.165, 1.54) is 11.3 Å². The molecule has 34 heavy (non-hydrogen) atoms. The lowest BCUT2D eigenvalue weighted by atomic mass is 10.1. The van der Waals surface area contributed by atoms with E-state index < -0.39 is 12.2 Å². The number of ether oxygens (including phenoxy) is 3. The van der Waals surface area contributed by atoms with Crippen LogP contribution in [0, 0.1) is 5.41 Å². The Hall–Kier alpha value is -4.04. The fourth-order valence-corrected chi connectivity index (χ4v) is 4.34. The first-order valence-corrected chi connectivity index (χ1v) is 11.6. The molecule has 0 aliphatic heterocycles. The van der Waals surface area contributed by atoms with Gasteiger partial charge in [-0.3, -0.25) is 10.7 Å². The van der Waals surface area contributed by atoms with Crippen LogP contribution in [0.1, 0.15) is 23.5 Å². The van der Waals surface area contributed by atoms with Gasteiger partial charge >= 0.3 is 6.09 Å². The van der Waals surface area contributed by atoms with Gasteiger partial charge in [0.05, 0.1) is 11.5 Å². The number of nitrogens with one attached hydrogen (secondary N) is 2. The summed E-state index contributed by atoms with van der Waals surface area (Å²) in [6, 6.07) is 24.2. The molecular weight excluding hydrogens is 450 g/mol. The maximum absolute atomic E-state index is 12.4. The number of rotatable bonds is 9. The molecule has 0 saturated carbocycles. The van der Waals surface area contributed by atoms with Crippen molar-refractivity contribution in [2.24, 2.45) is 5.73 Å². The maximum Gasteiger partial charge on any atom is 0.411 e. The van der Waals surface area contributed by atoms with E-state index in [2.05, 4.69) is 5.32 Å². The van der Waals surface area contributed by atoms with Gasteiger partial charge in [0.1, 0.15) is 23.9 Å². The molecule has 0 spiro atoms. The number of nitrogen functional groups attached to an aromatic ring is 1. The summed E-state index contributed by atoms with van der Waals surface area (Å²) in [5, 5.41) is 11.3. The average Bonchev–Trinajstić information content (AvgIpc) is 3.29. The summed E-state index contributed by atoms with van der Waals surface area (Å²) in [7, 11) is 0. The third kappa shape index (κ3) is 5.65. The van der Waals surface area contributed by atoms with Gasteiger partial charge in [-0.1, -0.05) is 36.4 Å². The Kier molecular flexibility index (Phi) is 7.29. The Morgan fingerprint density at radius 3 is 2.53 bits per heavy atom. The molecule has 1 amide bonds. The van der Waals surface area contributed by atoms with E-state index in [4.69, 9.17) is 25.4 Å². The van der Waals surface area contributed by atoms with E-state index in [0.29, 0.717) is 22.9 Å². The maximum atomic E-state index is 12.4. The molecule has 3 aromatic carbocycles. The third-order valence-electron chi connectivity index (χ3n) is 5.01. The van der Waals surface area contributed by atoms with Gasteiger partial charge in [0, 0.05) is 15.8 Å². The Bertz CT molecular complexity index is 1270. The number of amidine groups is 1. The Balaban J connectivity index is 1.48. The number of carbonyl (C=O) groups excluding carboxylic acids is 1. The molecule has 1 atom stereocenters. The normalized spacial score (nSPS) is 11.6. The van der Waals surface area contributed by atoms with Crippen LogP contribution in [0.2, 0.25) is 0 Å². The van der Waals surface area contributed by atoms with E-state index in [9.17, 15) is 4.79 Å². The van der Waals surface area contributed by atoms with E-state index in [1.807, 2.05) is 61.5 Å². The highest BCUT2D eigenvalue weighted by Crippen LogP contribution is 2.35. The molecular formula is C26H25N3O4S. The van der Waals surface area contributed by atoms with Crippen molar-refractivity contribution in [1.82, 2.24) is 0 Å². The van der Waals surface area contributed by atoms with Crippen LogP contribution in [-0.2, 0) is 4.74 Å². The van der Waals surface area contributed by atoms with Crippen LogP contribution in [0.4, 0.5) is 10.5 Å². The van der Waals surface area contributed by atoms with Crippen LogP contribution in [-0.4, -0.2) is 25.1 Å². The lowest BCUT2D eigenvalue weighted by Gasteiger charge is -2.20. The average molecular weight is 476 g/mol. The lowest BCUT2D eigenvalue weighted by molar-refractivity contribution is 0.0910. The fourth-order valence-electron chi connectivity index (χ4n) is 3.40. The van der Waals surface area contributed by atoms with Gasteiger partial charge in [-0.15, -0.1) is 11.3 Å². The molecule has 0 aliphatic rings. The number of thiophene rings is 1. The second-order valence-electron chi connectivity index (χ2n) is 7.39. The molecule has 4 rings (SSSR count). The number of nitrogens with two attached hydrogens (primary N) is 1. The molecule has 0 saturated heterocycles. The predicted molar refractivity (Wildman–Crippen MR) is 135 cm³/mol. The van der Waals surface area contributed by atoms with Gasteiger partial charge in [0.2, 0.25) is 0 Å². The van der Waals surface area contributed by atoms with Crippen LogP contribution >= 0.6 is 11.3 Å². The highest BCUT2D eigenvalue weighted by Gasteiger charge is 2.19. The standard InChI is InChI=1S/C26H25N3O4S/c1-2-31-19-13-11-18(12-14-19)29-26(30)32-16-22(17-7-4-3-5-8-17)33-21-9-6-10-23-20(21)15-24(34-23)25(27)28/h3-15,22H,2,16H2,1H3,(H3,27,28)(H,29,30). The second-order valence-corrected chi connectivity index (χ2v) is 8.47. The Morgan fingerprint density at radius 1 is 1.06 bits per heavy atom. The smallest absolute Gasteiger partial charge is 0.411 e. The van der Waals surface area contributed by atoms with Crippen LogP contribution < -0.4 is 20.5 Å². The van der Waals surface area contributed by atoms with Crippen molar-refractivity contribution in [2.45, 2.75) is 13.0 Å². The zero-order valence-corrected chi connectivity index (χ0v) is 19.4. The number of hydrogen-bond donors (Lipinski definition) is 3. The first kappa shape index (κ1) is 23.1. The Labute approximate surface area is 201 Å². The van der Waals surface area contributed by atoms with Crippen molar-refractivity contribution in [3.05, 3.63) is 89.3 Å². The van der Waals surface area contributed by atoms with Crippen molar-refractivity contribution >= 4 is 39.0 Å². The number of fused-ring (bicyclic) bond motifs is 1. The topological polar surface area (TPSA) is 107 Å². The first-order chi connectivity index (χ1) is 16.5.